The maximum Gasteiger partial charge on any atom is 0.0151 e. The zero-order chi connectivity index (χ0) is 21.6. The molecule has 0 aromatic carbocycles. The van der Waals surface area contributed by atoms with Gasteiger partial charge in [-0.3, -0.25) is 0 Å². The topological polar surface area (TPSA) is 0 Å². The molecule has 5 fully saturated rings. The minimum absolute atomic E-state index is 0.192. The first kappa shape index (κ1) is 21.8. The summed E-state index contributed by atoms with van der Waals surface area (Å²) in [6.45, 7) is 10.6. The molecule has 0 saturated heterocycles. The number of hydrogen-bond donors (Lipinski definition) is 0. The molecule has 0 aromatic heterocycles. The fraction of sp³-hybridized carbons (Fsp3) is 0.742. The van der Waals surface area contributed by atoms with E-state index >= 15 is 0 Å². The highest BCUT2D eigenvalue weighted by Gasteiger charge is 2.50. The Morgan fingerprint density at radius 2 is 0.516 bits per heavy atom. The predicted octanol–water partition coefficient (Wildman–Crippen LogP) is 9.92. The van der Waals surface area contributed by atoms with Gasteiger partial charge < -0.3 is 0 Å². The van der Waals surface area contributed by atoms with Gasteiger partial charge in [-0.1, -0.05) is 56.4 Å². The van der Waals surface area contributed by atoms with Crippen LogP contribution in [0.25, 0.3) is 0 Å². The van der Waals surface area contributed by atoms with E-state index in [4.69, 9.17) is 0 Å². The van der Waals surface area contributed by atoms with Crippen LogP contribution in [0.15, 0.2) is 44.6 Å². The van der Waals surface area contributed by atoms with Gasteiger partial charge in [-0.25, -0.2) is 0 Å². The van der Waals surface area contributed by atoms with Crippen LogP contribution in [-0.2, 0) is 0 Å². The van der Waals surface area contributed by atoms with Crippen LogP contribution in [0.5, 0.6) is 0 Å². The monoisotopic (exact) mass is 418 g/mol. The molecule has 0 heteroatoms. The molecule has 0 nitrogen and oxygen atoms in total. The molecule has 0 unspecified atom stereocenters. The highest BCUT2D eigenvalue weighted by molar-refractivity contribution is 5.66. The van der Waals surface area contributed by atoms with Gasteiger partial charge in [0.05, 0.1) is 0 Å². The molecule has 5 aliphatic carbocycles. The van der Waals surface area contributed by atoms with Crippen LogP contribution in [0.2, 0.25) is 0 Å². The highest BCUT2D eigenvalue weighted by atomic mass is 14.5. The average Bonchev–Trinajstić information content (AvgIpc) is 3.52. The lowest BCUT2D eigenvalue weighted by molar-refractivity contribution is 0.399. The van der Waals surface area contributed by atoms with Gasteiger partial charge in [0, 0.05) is 10.8 Å². The standard InChI is InChI=1S/C31H46/c1-30(2)26(22-14-6-5-7-15-22)27(23-16-8-9-17-23)31(3,4)29(25-20-12-13-21-25)28(30)24-18-10-11-19-24/h5-21H2,1-4H3. The zero-order valence-corrected chi connectivity index (χ0v) is 21.0. The quantitative estimate of drug-likeness (QED) is 0.367. The van der Waals surface area contributed by atoms with E-state index < -0.39 is 0 Å². The van der Waals surface area contributed by atoms with E-state index in [0.717, 1.165) is 0 Å². The fourth-order valence-electron chi connectivity index (χ4n) is 8.36. The molecule has 0 spiro atoms. The van der Waals surface area contributed by atoms with Gasteiger partial charge in [0.2, 0.25) is 0 Å². The van der Waals surface area contributed by atoms with E-state index in [9.17, 15) is 0 Å². The van der Waals surface area contributed by atoms with Crippen molar-refractivity contribution >= 4 is 0 Å². The molecule has 170 valence electrons. The Morgan fingerprint density at radius 3 is 0.742 bits per heavy atom. The lowest BCUT2D eigenvalue weighted by Gasteiger charge is -2.52. The minimum atomic E-state index is 0.192. The summed E-state index contributed by atoms with van der Waals surface area (Å²) in [4.78, 5) is 0. The molecule has 5 rings (SSSR count). The van der Waals surface area contributed by atoms with Crippen LogP contribution in [-0.4, -0.2) is 0 Å². The summed E-state index contributed by atoms with van der Waals surface area (Å²) >= 11 is 0. The van der Waals surface area contributed by atoms with Gasteiger partial charge in [-0.2, -0.15) is 0 Å². The minimum Gasteiger partial charge on any atom is -0.0658 e. The smallest absolute Gasteiger partial charge is 0.0151 e. The third kappa shape index (κ3) is 3.65. The first-order valence-corrected chi connectivity index (χ1v) is 13.8. The van der Waals surface area contributed by atoms with Crippen LogP contribution >= 0.6 is 0 Å². The van der Waals surface area contributed by atoms with Crippen molar-refractivity contribution in [3.05, 3.63) is 44.6 Å². The molecule has 0 bridgehead atoms. The molecule has 0 N–H and O–H groups in total. The molecule has 0 aromatic rings. The molecular weight excluding hydrogens is 372 g/mol. The van der Waals surface area contributed by atoms with Crippen LogP contribution in [0.4, 0.5) is 0 Å². The van der Waals surface area contributed by atoms with Crippen LogP contribution in [0.3, 0.4) is 0 Å². The third-order valence-corrected chi connectivity index (χ3v) is 9.49. The molecule has 5 aliphatic rings. The third-order valence-electron chi connectivity index (χ3n) is 9.49. The Labute approximate surface area is 192 Å². The maximum atomic E-state index is 2.64. The Kier molecular flexibility index (Phi) is 5.89. The molecule has 0 amide bonds. The summed E-state index contributed by atoms with van der Waals surface area (Å²) < 4.78 is 0. The van der Waals surface area contributed by atoms with Crippen molar-refractivity contribution < 1.29 is 0 Å². The maximum absolute atomic E-state index is 2.64. The molecule has 5 saturated carbocycles. The van der Waals surface area contributed by atoms with Crippen LogP contribution in [0, 0.1) is 10.8 Å². The molecule has 0 aliphatic heterocycles. The summed E-state index contributed by atoms with van der Waals surface area (Å²) in [7, 11) is 0. The van der Waals surface area contributed by atoms with Gasteiger partial charge in [0.25, 0.3) is 0 Å². The van der Waals surface area contributed by atoms with E-state index in [1.54, 1.807) is 0 Å². The Balaban J connectivity index is 1.83. The SMILES string of the molecule is CC1(C)C(=C2CCCCC2)C(=C2CCCC2)C(C)(C)C(=C2CCCC2)C1=C1CCCC1. The second-order valence-electron chi connectivity index (χ2n) is 12.3. The van der Waals surface area contributed by atoms with Crippen molar-refractivity contribution in [1.82, 2.24) is 0 Å². The van der Waals surface area contributed by atoms with Crippen molar-refractivity contribution in [1.29, 1.82) is 0 Å². The molecule has 31 heavy (non-hydrogen) atoms. The van der Waals surface area contributed by atoms with Crippen molar-refractivity contribution in [2.24, 2.45) is 10.8 Å². The highest BCUT2D eigenvalue weighted by Crippen LogP contribution is 2.64. The predicted molar refractivity (Wildman–Crippen MR) is 134 cm³/mol. The van der Waals surface area contributed by atoms with E-state index in [-0.39, 0.29) is 10.8 Å². The second kappa shape index (κ2) is 8.39. The summed E-state index contributed by atoms with van der Waals surface area (Å²) in [6, 6.07) is 0. The van der Waals surface area contributed by atoms with Crippen molar-refractivity contribution in [3.63, 3.8) is 0 Å². The van der Waals surface area contributed by atoms with Crippen molar-refractivity contribution in [3.8, 4) is 0 Å². The van der Waals surface area contributed by atoms with E-state index in [1.807, 2.05) is 44.6 Å². The Bertz CT molecular complexity index is 832. The van der Waals surface area contributed by atoms with Gasteiger partial charge in [0.1, 0.15) is 0 Å². The first-order chi connectivity index (χ1) is 14.9. The average molecular weight is 419 g/mol. The normalized spacial score (nSPS) is 29.0. The van der Waals surface area contributed by atoms with Gasteiger partial charge in [-0.05, 0) is 125 Å². The first-order valence-electron chi connectivity index (χ1n) is 13.8. The Hall–Kier alpha value is -1.04. The summed E-state index contributed by atoms with van der Waals surface area (Å²) in [6.07, 6.45) is 23.6. The number of allylic oxidation sites excluding steroid dienone is 8. The molecular formula is C31H46. The van der Waals surface area contributed by atoms with Crippen LogP contribution in [0.1, 0.15) is 137 Å². The summed E-state index contributed by atoms with van der Waals surface area (Å²) in [5.74, 6) is 0. The van der Waals surface area contributed by atoms with Gasteiger partial charge in [0.15, 0.2) is 0 Å². The molecule has 0 radical (unpaired) electrons. The molecule has 0 heterocycles. The van der Waals surface area contributed by atoms with E-state index in [0.29, 0.717) is 0 Å². The summed E-state index contributed by atoms with van der Waals surface area (Å²) in [5, 5.41) is 0. The second-order valence-corrected chi connectivity index (χ2v) is 12.3. The number of rotatable bonds is 0. The van der Waals surface area contributed by atoms with E-state index in [1.165, 1.54) is 109 Å². The lowest BCUT2D eigenvalue weighted by Crippen LogP contribution is -2.39. The summed E-state index contributed by atoms with van der Waals surface area (Å²) in [5.41, 5.74) is 15.1. The lowest BCUT2D eigenvalue weighted by atomic mass is 9.51. The largest absolute Gasteiger partial charge is 0.0658 e. The van der Waals surface area contributed by atoms with Crippen molar-refractivity contribution in [2.75, 3.05) is 0 Å². The van der Waals surface area contributed by atoms with Crippen molar-refractivity contribution in [2.45, 2.75) is 137 Å². The number of hydrogen-bond acceptors (Lipinski definition) is 0. The fourth-order valence-corrected chi connectivity index (χ4v) is 8.36. The molecule has 0 atom stereocenters. The van der Waals surface area contributed by atoms with Crippen LogP contribution < -0.4 is 0 Å². The zero-order valence-electron chi connectivity index (χ0n) is 21.0. The Morgan fingerprint density at radius 1 is 0.323 bits per heavy atom. The van der Waals surface area contributed by atoms with Gasteiger partial charge in [-0.15, -0.1) is 0 Å². The van der Waals surface area contributed by atoms with Gasteiger partial charge >= 0.3 is 0 Å². The van der Waals surface area contributed by atoms with E-state index in [2.05, 4.69) is 27.7 Å².